The van der Waals surface area contributed by atoms with Crippen LogP contribution in [0.1, 0.15) is 43.2 Å². The Morgan fingerprint density at radius 2 is 1.07 bits per heavy atom. The van der Waals surface area contributed by atoms with Crippen LogP contribution in [0.3, 0.4) is 0 Å². The minimum Gasteiger partial charge on any atom is -0.438 e. The fraction of sp³-hybridized carbons (Fsp3) is 0.179. The van der Waals surface area contributed by atoms with E-state index in [0.29, 0.717) is 11.7 Å². The third kappa shape index (κ3) is 4.21. The zero-order valence-corrected chi connectivity index (χ0v) is 33.6. The predicted molar refractivity (Wildman–Crippen MR) is 247 cm³/mol. The molecule has 16 rings (SSSR count). The van der Waals surface area contributed by atoms with Crippen LogP contribution in [0, 0.1) is 23.7 Å². The van der Waals surface area contributed by atoms with Gasteiger partial charge in [-0.25, -0.2) is 4.98 Å². The molecule has 0 N–H and O–H groups in total. The molecule has 4 saturated carbocycles. The molecular weight excluding hydrogens is 745 g/mol. The van der Waals surface area contributed by atoms with Gasteiger partial charge in [-0.2, -0.15) is 4.98 Å². The van der Waals surface area contributed by atoms with Gasteiger partial charge in [0.2, 0.25) is 11.7 Å². The van der Waals surface area contributed by atoms with Crippen LogP contribution in [0.15, 0.2) is 162 Å². The van der Waals surface area contributed by atoms with Gasteiger partial charge in [0, 0.05) is 44.2 Å². The Bertz CT molecular complexity index is 3670. The van der Waals surface area contributed by atoms with Gasteiger partial charge < -0.3 is 8.98 Å². The van der Waals surface area contributed by atoms with Gasteiger partial charge in [-0.3, -0.25) is 4.57 Å². The van der Waals surface area contributed by atoms with Gasteiger partial charge in [-0.1, -0.05) is 97.1 Å². The van der Waals surface area contributed by atoms with Crippen molar-refractivity contribution in [2.75, 3.05) is 0 Å². The van der Waals surface area contributed by atoms with Gasteiger partial charge in [0.25, 0.3) is 0 Å². The van der Waals surface area contributed by atoms with E-state index in [2.05, 4.69) is 143 Å². The molecule has 0 radical (unpaired) electrons. The molecule has 7 aromatic carbocycles. The molecule has 61 heavy (non-hydrogen) atoms. The highest BCUT2D eigenvalue weighted by Gasteiger charge is 2.61. The minimum atomic E-state index is 0.134. The molecule has 11 aromatic rings. The van der Waals surface area contributed by atoms with E-state index >= 15 is 0 Å². The maximum absolute atomic E-state index is 6.20. The molecule has 5 heteroatoms. The molecule has 5 aliphatic rings. The van der Waals surface area contributed by atoms with E-state index in [1.165, 1.54) is 92.6 Å². The largest absolute Gasteiger partial charge is 0.438 e. The quantitative estimate of drug-likeness (QED) is 0.179. The van der Waals surface area contributed by atoms with Gasteiger partial charge in [-0.05, 0) is 144 Å². The van der Waals surface area contributed by atoms with Crippen molar-refractivity contribution in [3.8, 4) is 33.9 Å². The predicted octanol–water partition coefficient (Wildman–Crippen LogP) is 14.0. The molecule has 0 unspecified atom stereocenters. The molecule has 1 spiro atoms. The first-order valence-corrected chi connectivity index (χ1v) is 22.2. The summed E-state index contributed by atoms with van der Waals surface area (Å²) >= 11 is 0. The van der Waals surface area contributed by atoms with Crippen LogP contribution < -0.4 is 0 Å². The van der Waals surface area contributed by atoms with Crippen molar-refractivity contribution in [3.05, 3.63) is 169 Å². The molecule has 0 atom stereocenters. The van der Waals surface area contributed by atoms with E-state index in [1.807, 2.05) is 24.4 Å². The summed E-state index contributed by atoms with van der Waals surface area (Å²) in [5, 5.41) is 6.84. The lowest BCUT2D eigenvalue weighted by Crippen LogP contribution is -2.55. The van der Waals surface area contributed by atoms with E-state index in [9.17, 15) is 0 Å². The summed E-state index contributed by atoms with van der Waals surface area (Å²) in [4.78, 5) is 9.89. The Kier molecular flexibility index (Phi) is 6.26. The molecule has 4 bridgehead atoms. The number of aromatic nitrogens is 4. The fourth-order valence-corrected chi connectivity index (χ4v) is 13.7. The van der Waals surface area contributed by atoms with E-state index in [1.54, 1.807) is 11.1 Å². The molecule has 0 amide bonds. The van der Waals surface area contributed by atoms with Gasteiger partial charge in [0.1, 0.15) is 5.58 Å². The van der Waals surface area contributed by atoms with Crippen LogP contribution in [-0.2, 0) is 5.41 Å². The molecule has 5 aliphatic carbocycles. The minimum absolute atomic E-state index is 0.134. The van der Waals surface area contributed by atoms with Crippen molar-refractivity contribution in [2.45, 2.75) is 37.5 Å². The Morgan fingerprint density at radius 3 is 1.80 bits per heavy atom. The number of para-hydroxylation sites is 3. The number of nitrogens with zero attached hydrogens (tertiary/aromatic N) is 4. The Labute approximate surface area is 351 Å². The smallest absolute Gasteiger partial charge is 0.237 e. The highest BCUT2D eigenvalue weighted by atomic mass is 16.3. The van der Waals surface area contributed by atoms with Crippen molar-refractivity contribution < 1.29 is 4.42 Å². The van der Waals surface area contributed by atoms with E-state index < -0.39 is 0 Å². The van der Waals surface area contributed by atoms with Crippen molar-refractivity contribution in [1.29, 1.82) is 0 Å². The molecular formula is C56H40N4O. The Balaban J connectivity index is 0.881. The summed E-state index contributed by atoms with van der Waals surface area (Å²) in [7, 11) is 0. The highest BCUT2D eigenvalue weighted by molar-refractivity contribution is 6.13. The number of benzene rings is 7. The summed E-state index contributed by atoms with van der Waals surface area (Å²) in [5.41, 5.74) is 16.0. The van der Waals surface area contributed by atoms with Crippen LogP contribution in [0.4, 0.5) is 0 Å². The third-order valence-electron chi connectivity index (χ3n) is 15.8. The first-order valence-electron chi connectivity index (χ1n) is 22.2. The maximum atomic E-state index is 6.20. The van der Waals surface area contributed by atoms with Crippen molar-refractivity contribution in [3.63, 3.8) is 0 Å². The topological polar surface area (TPSA) is 48.8 Å². The molecule has 4 heterocycles. The number of hydrogen-bond donors (Lipinski definition) is 0. The number of rotatable bonds is 3. The number of fused-ring (bicyclic) bond motifs is 12. The second kappa shape index (κ2) is 11.6. The van der Waals surface area contributed by atoms with Crippen molar-refractivity contribution in [1.82, 2.24) is 19.1 Å². The first kappa shape index (κ1) is 32.8. The molecule has 5 nitrogen and oxygen atoms in total. The lowest BCUT2D eigenvalue weighted by Gasteiger charge is -2.61. The van der Waals surface area contributed by atoms with Crippen molar-refractivity contribution >= 4 is 65.7 Å². The fourth-order valence-electron chi connectivity index (χ4n) is 13.7. The van der Waals surface area contributed by atoms with Gasteiger partial charge in [0.05, 0.1) is 27.5 Å². The average molecular weight is 785 g/mol. The van der Waals surface area contributed by atoms with Crippen molar-refractivity contribution in [2.24, 2.45) is 23.7 Å². The van der Waals surface area contributed by atoms with Crippen LogP contribution in [0.25, 0.3) is 99.6 Å². The van der Waals surface area contributed by atoms with Crippen LogP contribution in [0.2, 0.25) is 0 Å². The van der Waals surface area contributed by atoms with E-state index in [0.717, 1.165) is 51.1 Å². The lowest BCUT2D eigenvalue weighted by atomic mass is 9.43. The summed E-state index contributed by atoms with van der Waals surface area (Å²) in [6.07, 6.45) is 8.92. The van der Waals surface area contributed by atoms with E-state index in [4.69, 9.17) is 14.4 Å². The molecule has 4 aromatic heterocycles. The monoisotopic (exact) mass is 784 g/mol. The van der Waals surface area contributed by atoms with Crippen LogP contribution in [0.5, 0.6) is 0 Å². The standard InChI is InChI=1S/C56H40N4O/c1-5-13-47-39(9-1)40-20-19-38(30-48(40)56(47)36-24-32-23-33(26-36)27-37(56)25-32)59-49-14-6-2-10-41(49)44-28-34(17-21-51(44)59)35-18-22-52-45(29-35)42-11-3-7-15-50(42)60(52)55-57-31-46-43-12-4-8-16-53(43)61-54(46)58-55/h1-22,28-33,36-37H,23-27H2. The third-order valence-corrected chi connectivity index (χ3v) is 15.8. The lowest BCUT2D eigenvalue weighted by molar-refractivity contribution is -0.0399. The average Bonchev–Trinajstić information content (AvgIpc) is 4.02. The van der Waals surface area contributed by atoms with E-state index in [-0.39, 0.29) is 5.41 Å². The molecule has 4 fully saturated rings. The second-order valence-electron chi connectivity index (χ2n) is 18.6. The molecule has 0 saturated heterocycles. The number of hydrogen-bond acceptors (Lipinski definition) is 3. The van der Waals surface area contributed by atoms with Gasteiger partial charge in [-0.15, -0.1) is 0 Å². The summed E-state index contributed by atoms with van der Waals surface area (Å²) in [6, 6.07) is 56.4. The van der Waals surface area contributed by atoms with Gasteiger partial charge >= 0.3 is 0 Å². The van der Waals surface area contributed by atoms with Crippen LogP contribution in [-0.4, -0.2) is 19.1 Å². The van der Waals surface area contributed by atoms with Gasteiger partial charge in [0.15, 0.2) is 0 Å². The summed E-state index contributed by atoms with van der Waals surface area (Å²) in [5.74, 6) is 3.92. The summed E-state index contributed by atoms with van der Waals surface area (Å²) in [6.45, 7) is 0. The Morgan fingerprint density at radius 1 is 0.475 bits per heavy atom. The molecule has 0 aliphatic heterocycles. The molecule has 290 valence electrons. The zero-order valence-electron chi connectivity index (χ0n) is 33.6. The number of furan rings is 1. The SMILES string of the molecule is c1ccc2c(c1)-c1ccc(-n3c4ccccc4c4cc(-c5ccc6c(c5)c5ccccc5n6-c5ncc6c(n5)oc5ccccc56)ccc43)cc1C21C2CC3CC(C2)CC1C3. The van der Waals surface area contributed by atoms with Crippen LogP contribution >= 0.6 is 0 Å². The first-order chi connectivity index (χ1) is 30.2. The Hall–Kier alpha value is -6.98. The summed E-state index contributed by atoms with van der Waals surface area (Å²) < 4.78 is 10.9. The maximum Gasteiger partial charge on any atom is 0.237 e. The normalized spacial score (nSPS) is 22.5. The highest BCUT2D eigenvalue weighted by Crippen LogP contribution is 2.69. The second-order valence-corrected chi connectivity index (χ2v) is 18.6. The zero-order chi connectivity index (χ0) is 39.6.